The number of aromatic nitrogens is 2. The highest BCUT2D eigenvalue weighted by atomic mass is 16.5. The number of nitrogens with zero attached hydrogens (tertiary/aromatic N) is 2. The van der Waals surface area contributed by atoms with Crippen LogP contribution in [0.3, 0.4) is 0 Å². The molecule has 2 rings (SSSR count). The topological polar surface area (TPSA) is 59.2 Å². The molecule has 1 N–H and O–H groups in total. The van der Waals surface area contributed by atoms with E-state index in [9.17, 15) is 5.11 Å². The molecule has 0 saturated carbocycles. The lowest BCUT2D eigenvalue weighted by atomic mass is 10.2. The summed E-state index contributed by atoms with van der Waals surface area (Å²) in [7, 11) is 0. The van der Waals surface area contributed by atoms with Gasteiger partial charge < -0.3 is 9.63 Å². The third kappa shape index (κ3) is 1.51. The van der Waals surface area contributed by atoms with E-state index in [0.717, 1.165) is 5.56 Å². The summed E-state index contributed by atoms with van der Waals surface area (Å²) < 4.78 is 4.82. The van der Waals surface area contributed by atoms with Crippen molar-refractivity contribution in [1.82, 2.24) is 10.1 Å². The number of hydrogen-bond acceptors (Lipinski definition) is 4. The molecular weight excluding hydrogens is 168 g/mol. The molecule has 4 heteroatoms. The molecule has 4 nitrogen and oxygen atoms in total. The molecule has 0 radical (unpaired) electrons. The first kappa shape index (κ1) is 7.79. The first-order valence-corrected chi connectivity index (χ1v) is 3.85. The largest absolute Gasteiger partial charge is 0.508 e. The Balaban J connectivity index is 2.46. The van der Waals surface area contributed by atoms with Crippen LogP contribution in [0.4, 0.5) is 0 Å². The predicted molar refractivity (Wildman–Crippen MR) is 46.1 cm³/mol. The van der Waals surface area contributed by atoms with Crippen LogP contribution in [0, 0.1) is 6.92 Å². The monoisotopic (exact) mass is 176 g/mol. The second-order valence-electron chi connectivity index (χ2n) is 2.69. The van der Waals surface area contributed by atoms with E-state index in [2.05, 4.69) is 10.1 Å². The molecule has 0 aliphatic heterocycles. The Hall–Kier alpha value is -1.84. The van der Waals surface area contributed by atoms with Crippen LogP contribution in [0.15, 0.2) is 28.8 Å². The van der Waals surface area contributed by atoms with Gasteiger partial charge in [-0.15, -0.1) is 0 Å². The Morgan fingerprint density at radius 1 is 1.38 bits per heavy atom. The average Bonchev–Trinajstić information content (AvgIpc) is 2.52. The minimum absolute atomic E-state index is 0.194. The Kier molecular flexibility index (Phi) is 1.73. The zero-order chi connectivity index (χ0) is 9.26. The number of rotatable bonds is 1. The molecule has 1 aromatic carbocycles. The summed E-state index contributed by atoms with van der Waals surface area (Å²) in [6.45, 7) is 1.72. The van der Waals surface area contributed by atoms with Crippen LogP contribution in [0.1, 0.15) is 5.89 Å². The van der Waals surface area contributed by atoms with E-state index in [4.69, 9.17) is 4.52 Å². The Morgan fingerprint density at radius 2 is 2.23 bits per heavy atom. The molecule has 0 saturated heterocycles. The van der Waals surface area contributed by atoms with Crippen molar-refractivity contribution in [2.45, 2.75) is 6.92 Å². The molecular formula is C9H8N2O2. The molecule has 66 valence electrons. The van der Waals surface area contributed by atoms with Crippen LogP contribution in [0.5, 0.6) is 5.75 Å². The highest BCUT2D eigenvalue weighted by Gasteiger charge is 2.04. The van der Waals surface area contributed by atoms with Gasteiger partial charge in [0.1, 0.15) is 5.75 Å². The maximum absolute atomic E-state index is 9.20. The van der Waals surface area contributed by atoms with Crippen LogP contribution in [0.25, 0.3) is 11.4 Å². The lowest BCUT2D eigenvalue weighted by Crippen LogP contribution is -1.79. The van der Waals surface area contributed by atoms with Crippen molar-refractivity contribution >= 4 is 0 Å². The fraction of sp³-hybridized carbons (Fsp3) is 0.111. The zero-order valence-electron chi connectivity index (χ0n) is 7.06. The highest BCUT2D eigenvalue weighted by molar-refractivity contribution is 5.56. The molecule has 1 heterocycles. The molecule has 2 aromatic rings. The third-order valence-electron chi connectivity index (χ3n) is 1.63. The van der Waals surface area contributed by atoms with E-state index >= 15 is 0 Å². The fourth-order valence-electron chi connectivity index (χ4n) is 1.06. The van der Waals surface area contributed by atoms with Gasteiger partial charge in [0.25, 0.3) is 0 Å². The molecule has 0 bridgehead atoms. The van der Waals surface area contributed by atoms with Crippen molar-refractivity contribution in [1.29, 1.82) is 0 Å². The number of phenols is 1. The van der Waals surface area contributed by atoms with Crippen LogP contribution < -0.4 is 0 Å². The summed E-state index contributed by atoms with van der Waals surface area (Å²) in [5.41, 5.74) is 0.747. The molecule has 0 amide bonds. The van der Waals surface area contributed by atoms with Gasteiger partial charge in [-0.2, -0.15) is 4.98 Å². The van der Waals surface area contributed by atoms with Crippen molar-refractivity contribution in [3.05, 3.63) is 30.2 Å². The van der Waals surface area contributed by atoms with Crippen LogP contribution in [-0.2, 0) is 0 Å². The molecule has 0 aliphatic rings. The normalized spacial score (nSPS) is 10.2. The van der Waals surface area contributed by atoms with Gasteiger partial charge in [0.05, 0.1) is 0 Å². The summed E-state index contributed by atoms with van der Waals surface area (Å²) in [5, 5.41) is 12.9. The third-order valence-corrected chi connectivity index (χ3v) is 1.63. The second-order valence-corrected chi connectivity index (χ2v) is 2.69. The van der Waals surface area contributed by atoms with Crippen molar-refractivity contribution in [3.8, 4) is 17.1 Å². The molecule has 0 fully saturated rings. The van der Waals surface area contributed by atoms with Gasteiger partial charge in [0, 0.05) is 12.5 Å². The maximum atomic E-state index is 9.20. The van der Waals surface area contributed by atoms with Crippen molar-refractivity contribution in [3.63, 3.8) is 0 Å². The van der Waals surface area contributed by atoms with Gasteiger partial charge in [0.15, 0.2) is 0 Å². The lowest BCUT2D eigenvalue weighted by Gasteiger charge is -1.93. The number of aromatic hydroxyl groups is 1. The van der Waals surface area contributed by atoms with Crippen molar-refractivity contribution in [2.24, 2.45) is 0 Å². The first-order chi connectivity index (χ1) is 6.25. The minimum Gasteiger partial charge on any atom is -0.508 e. The molecule has 0 atom stereocenters. The molecule has 0 aliphatic carbocycles. The van der Waals surface area contributed by atoms with E-state index in [-0.39, 0.29) is 5.75 Å². The predicted octanol–water partition coefficient (Wildman–Crippen LogP) is 1.75. The molecule has 0 unspecified atom stereocenters. The summed E-state index contributed by atoms with van der Waals surface area (Å²) >= 11 is 0. The average molecular weight is 176 g/mol. The van der Waals surface area contributed by atoms with Gasteiger partial charge in [0.2, 0.25) is 11.7 Å². The smallest absolute Gasteiger partial charge is 0.223 e. The lowest BCUT2D eigenvalue weighted by molar-refractivity contribution is 0.394. The van der Waals surface area contributed by atoms with Crippen molar-refractivity contribution in [2.75, 3.05) is 0 Å². The standard InChI is InChI=1S/C9H8N2O2/c1-6-10-9(11-13-6)7-3-2-4-8(12)5-7/h2-5,12H,1H3. The highest BCUT2D eigenvalue weighted by Crippen LogP contribution is 2.19. The Labute approximate surface area is 74.8 Å². The maximum Gasteiger partial charge on any atom is 0.223 e. The Bertz CT molecular complexity index is 423. The van der Waals surface area contributed by atoms with E-state index < -0.39 is 0 Å². The fourth-order valence-corrected chi connectivity index (χ4v) is 1.06. The van der Waals surface area contributed by atoms with E-state index in [1.807, 2.05) is 6.07 Å². The van der Waals surface area contributed by atoms with E-state index in [0.29, 0.717) is 11.7 Å². The summed E-state index contributed by atoms with van der Waals surface area (Å²) in [4.78, 5) is 4.03. The number of aryl methyl sites for hydroxylation is 1. The van der Waals surface area contributed by atoms with Gasteiger partial charge in [-0.05, 0) is 12.1 Å². The van der Waals surface area contributed by atoms with Crippen molar-refractivity contribution < 1.29 is 9.63 Å². The summed E-state index contributed by atoms with van der Waals surface area (Å²) in [6, 6.07) is 6.72. The molecule has 1 aromatic heterocycles. The van der Waals surface area contributed by atoms with Gasteiger partial charge >= 0.3 is 0 Å². The quantitative estimate of drug-likeness (QED) is 0.719. The SMILES string of the molecule is Cc1nc(-c2cccc(O)c2)no1. The molecule has 0 spiro atoms. The molecule has 13 heavy (non-hydrogen) atoms. The summed E-state index contributed by atoms with van der Waals surface area (Å²) in [6.07, 6.45) is 0. The van der Waals surface area contributed by atoms with Crippen LogP contribution >= 0.6 is 0 Å². The van der Waals surface area contributed by atoms with Gasteiger partial charge in [-0.3, -0.25) is 0 Å². The van der Waals surface area contributed by atoms with Crippen LogP contribution in [-0.4, -0.2) is 15.2 Å². The number of hydrogen-bond donors (Lipinski definition) is 1. The number of benzene rings is 1. The van der Waals surface area contributed by atoms with E-state index in [1.54, 1.807) is 25.1 Å². The van der Waals surface area contributed by atoms with E-state index in [1.165, 1.54) is 0 Å². The summed E-state index contributed by atoms with van der Waals surface area (Å²) in [5.74, 6) is 1.20. The van der Waals surface area contributed by atoms with Gasteiger partial charge in [-0.25, -0.2) is 0 Å². The Morgan fingerprint density at radius 3 is 2.85 bits per heavy atom. The van der Waals surface area contributed by atoms with Gasteiger partial charge in [-0.1, -0.05) is 17.3 Å². The zero-order valence-corrected chi connectivity index (χ0v) is 7.06. The second kappa shape index (κ2) is 2.90. The van der Waals surface area contributed by atoms with Crippen LogP contribution in [0.2, 0.25) is 0 Å². The first-order valence-electron chi connectivity index (χ1n) is 3.85. The number of phenolic OH excluding ortho intramolecular Hbond substituents is 1. The minimum atomic E-state index is 0.194.